The highest BCUT2D eigenvalue weighted by molar-refractivity contribution is 5.22. The number of aryl methyl sites for hydroxylation is 2. The van der Waals surface area contributed by atoms with Crippen LogP contribution in [0.15, 0.2) is 48.8 Å². The van der Waals surface area contributed by atoms with Crippen LogP contribution in [0.25, 0.3) is 0 Å². The lowest BCUT2D eigenvalue weighted by molar-refractivity contribution is 0.514. The highest BCUT2D eigenvalue weighted by Crippen LogP contribution is 2.18. The van der Waals surface area contributed by atoms with Crippen molar-refractivity contribution in [3.05, 3.63) is 65.5 Å². The molecule has 1 heterocycles. The van der Waals surface area contributed by atoms with Gasteiger partial charge in [0.2, 0.25) is 0 Å². The highest BCUT2D eigenvalue weighted by atomic mass is 14.9. The first-order chi connectivity index (χ1) is 9.29. The van der Waals surface area contributed by atoms with Crippen LogP contribution in [-0.4, -0.2) is 11.5 Å². The molecule has 2 aromatic rings. The Bertz CT molecular complexity index is 476. The van der Waals surface area contributed by atoms with Gasteiger partial charge in [-0.25, -0.2) is 0 Å². The van der Waals surface area contributed by atoms with Crippen LogP contribution in [0.1, 0.15) is 36.1 Å². The predicted octanol–water partition coefficient (Wildman–Crippen LogP) is 3.67. The molecule has 0 amide bonds. The molecular formula is C17H22N2. The number of nitrogens with zero attached hydrogens (tertiary/aromatic N) is 1. The number of benzene rings is 1. The molecule has 1 atom stereocenters. The Morgan fingerprint density at radius 1 is 1.16 bits per heavy atom. The first-order valence-electron chi connectivity index (χ1n) is 6.98. The fourth-order valence-corrected chi connectivity index (χ4v) is 2.28. The minimum Gasteiger partial charge on any atom is -0.310 e. The maximum Gasteiger partial charge on any atom is 0.0338 e. The van der Waals surface area contributed by atoms with Gasteiger partial charge < -0.3 is 5.32 Å². The van der Waals surface area contributed by atoms with Gasteiger partial charge in [0.1, 0.15) is 0 Å². The van der Waals surface area contributed by atoms with Crippen LogP contribution in [-0.2, 0) is 6.42 Å². The molecule has 0 radical (unpaired) electrons. The quantitative estimate of drug-likeness (QED) is 0.850. The fourth-order valence-electron chi connectivity index (χ4n) is 2.28. The van der Waals surface area contributed by atoms with Gasteiger partial charge in [-0.2, -0.15) is 0 Å². The third-order valence-electron chi connectivity index (χ3n) is 3.38. The van der Waals surface area contributed by atoms with Gasteiger partial charge in [-0.3, -0.25) is 4.98 Å². The Labute approximate surface area is 115 Å². The molecule has 1 aromatic heterocycles. The topological polar surface area (TPSA) is 24.9 Å². The molecule has 100 valence electrons. The number of nitrogens with one attached hydrogen (secondary N) is 1. The van der Waals surface area contributed by atoms with E-state index < -0.39 is 0 Å². The Hall–Kier alpha value is -1.67. The van der Waals surface area contributed by atoms with E-state index in [1.807, 2.05) is 18.5 Å². The van der Waals surface area contributed by atoms with E-state index in [4.69, 9.17) is 0 Å². The van der Waals surface area contributed by atoms with Crippen molar-refractivity contribution in [2.75, 3.05) is 6.54 Å². The van der Waals surface area contributed by atoms with E-state index in [9.17, 15) is 0 Å². The lowest BCUT2D eigenvalue weighted by Crippen LogP contribution is -2.21. The van der Waals surface area contributed by atoms with Gasteiger partial charge in [0.05, 0.1) is 0 Å². The zero-order valence-electron chi connectivity index (χ0n) is 11.8. The van der Waals surface area contributed by atoms with Crippen LogP contribution >= 0.6 is 0 Å². The largest absolute Gasteiger partial charge is 0.310 e. The summed E-state index contributed by atoms with van der Waals surface area (Å²) in [6.45, 7) is 5.25. The SMILES string of the molecule is CCNC(CCc1ccc(C)cc1)c1cccnc1. The molecule has 2 heteroatoms. The summed E-state index contributed by atoms with van der Waals surface area (Å²) >= 11 is 0. The van der Waals surface area contributed by atoms with E-state index in [0.717, 1.165) is 19.4 Å². The summed E-state index contributed by atoms with van der Waals surface area (Å²) in [5.41, 5.74) is 3.99. The lowest BCUT2D eigenvalue weighted by atomic mass is 9.99. The summed E-state index contributed by atoms with van der Waals surface area (Å²) < 4.78 is 0. The van der Waals surface area contributed by atoms with Gasteiger partial charge in [0.15, 0.2) is 0 Å². The maximum absolute atomic E-state index is 4.21. The van der Waals surface area contributed by atoms with Crippen LogP contribution in [0.3, 0.4) is 0 Å². The van der Waals surface area contributed by atoms with Gasteiger partial charge in [-0.15, -0.1) is 0 Å². The zero-order chi connectivity index (χ0) is 13.5. The normalized spacial score (nSPS) is 12.3. The van der Waals surface area contributed by atoms with Crippen molar-refractivity contribution >= 4 is 0 Å². The summed E-state index contributed by atoms with van der Waals surface area (Å²) in [5.74, 6) is 0. The molecule has 0 aliphatic rings. The second-order valence-electron chi connectivity index (χ2n) is 4.92. The Balaban J connectivity index is 1.99. The molecule has 0 saturated carbocycles. The monoisotopic (exact) mass is 254 g/mol. The molecular weight excluding hydrogens is 232 g/mol. The summed E-state index contributed by atoms with van der Waals surface area (Å²) in [7, 11) is 0. The van der Waals surface area contributed by atoms with Crippen molar-refractivity contribution < 1.29 is 0 Å². The second kappa shape index (κ2) is 7.05. The van der Waals surface area contributed by atoms with Gasteiger partial charge in [0, 0.05) is 18.4 Å². The molecule has 2 rings (SSSR count). The van der Waals surface area contributed by atoms with Crippen LogP contribution < -0.4 is 5.32 Å². The molecule has 1 N–H and O–H groups in total. The minimum atomic E-state index is 0.389. The number of aromatic nitrogens is 1. The van der Waals surface area contributed by atoms with Crippen LogP contribution in [0.2, 0.25) is 0 Å². The molecule has 0 fully saturated rings. The predicted molar refractivity (Wildman–Crippen MR) is 80.2 cm³/mol. The summed E-state index contributed by atoms with van der Waals surface area (Å²) in [5, 5.41) is 3.54. The number of hydrogen-bond acceptors (Lipinski definition) is 2. The maximum atomic E-state index is 4.21. The van der Waals surface area contributed by atoms with Crippen molar-refractivity contribution in [1.29, 1.82) is 0 Å². The van der Waals surface area contributed by atoms with Gasteiger partial charge >= 0.3 is 0 Å². The third kappa shape index (κ3) is 4.18. The molecule has 0 saturated heterocycles. The summed E-state index contributed by atoms with van der Waals surface area (Å²) in [4.78, 5) is 4.21. The standard InChI is InChI=1S/C17H22N2/c1-3-19-17(16-5-4-12-18-13-16)11-10-15-8-6-14(2)7-9-15/h4-9,12-13,17,19H,3,10-11H2,1-2H3. The molecule has 1 aromatic carbocycles. The Morgan fingerprint density at radius 2 is 1.95 bits per heavy atom. The van der Waals surface area contributed by atoms with E-state index in [0.29, 0.717) is 6.04 Å². The number of rotatable bonds is 6. The average molecular weight is 254 g/mol. The highest BCUT2D eigenvalue weighted by Gasteiger charge is 2.10. The van der Waals surface area contributed by atoms with E-state index in [1.54, 1.807) is 0 Å². The van der Waals surface area contributed by atoms with E-state index >= 15 is 0 Å². The Morgan fingerprint density at radius 3 is 2.58 bits per heavy atom. The minimum absolute atomic E-state index is 0.389. The number of hydrogen-bond donors (Lipinski definition) is 1. The van der Waals surface area contributed by atoms with Gasteiger partial charge in [-0.1, -0.05) is 42.8 Å². The first-order valence-corrected chi connectivity index (χ1v) is 6.98. The van der Waals surface area contributed by atoms with Crippen LogP contribution in [0.5, 0.6) is 0 Å². The summed E-state index contributed by atoms with van der Waals surface area (Å²) in [6, 6.07) is 13.4. The number of pyridine rings is 1. The van der Waals surface area contributed by atoms with Crippen molar-refractivity contribution in [3.63, 3.8) is 0 Å². The molecule has 0 aliphatic carbocycles. The Kier molecular flexibility index (Phi) is 5.10. The van der Waals surface area contributed by atoms with Crippen molar-refractivity contribution in [1.82, 2.24) is 10.3 Å². The lowest BCUT2D eigenvalue weighted by Gasteiger charge is -2.18. The van der Waals surface area contributed by atoms with Crippen molar-refractivity contribution in [2.24, 2.45) is 0 Å². The molecule has 0 aliphatic heterocycles. The zero-order valence-corrected chi connectivity index (χ0v) is 11.8. The van der Waals surface area contributed by atoms with Crippen LogP contribution in [0.4, 0.5) is 0 Å². The molecule has 0 spiro atoms. The smallest absolute Gasteiger partial charge is 0.0338 e. The van der Waals surface area contributed by atoms with E-state index in [2.05, 4.69) is 54.5 Å². The third-order valence-corrected chi connectivity index (χ3v) is 3.38. The molecule has 1 unspecified atom stereocenters. The van der Waals surface area contributed by atoms with Crippen molar-refractivity contribution in [3.8, 4) is 0 Å². The van der Waals surface area contributed by atoms with E-state index in [1.165, 1.54) is 16.7 Å². The van der Waals surface area contributed by atoms with E-state index in [-0.39, 0.29) is 0 Å². The average Bonchev–Trinajstić information content (AvgIpc) is 2.46. The molecule has 0 bridgehead atoms. The molecule has 19 heavy (non-hydrogen) atoms. The van der Waals surface area contributed by atoms with Crippen LogP contribution in [0, 0.1) is 6.92 Å². The first kappa shape index (κ1) is 13.8. The van der Waals surface area contributed by atoms with Gasteiger partial charge in [-0.05, 0) is 43.5 Å². The van der Waals surface area contributed by atoms with Crippen molar-refractivity contribution in [2.45, 2.75) is 32.7 Å². The summed E-state index contributed by atoms with van der Waals surface area (Å²) in [6.07, 6.45) is 5.98. The fraction of sp³-hybridized carbons (Fsp3) is 0.353. The second-order valence-corrected chi connectivity index (χ2v) is 4.92. The molecule has 2 nitrogen and oxygen atoms in total. The van der Waals surface area contributed by atoms with Gasteiger partial charge in [0.25, 0.3) is 0 Å².